The summed E-state index contributed by atoms with van der Waals surface area (Å²) < 4.78 is 0. The molecule has 0 bridgehead atoms. The van der Waals surface area contributed by atoms with Gasteiger partial charge in [-0.1, -0.05) is 0 Å². The van der Waals surface area contributed by atoms with Crippen molar-refractivity contribution in [3.05, 3.63) is 0 Å². The topological polar surface area (TPSA) is 60.7 Å². The fourth-order valence-electron chi connectivity index (χ4n) is 0.115. The van der Waals surface area contributed by atoms with Gasteiger partial charge in [0.05, 0.1) is 19.3 Å². The van der Waals surface area contributed by atoms with Crippen LogP contribution in [0.4, 0.5) is 0 Å². The van der Waals surface area contributed by atoms with E-state index in [-0.39, 0.29) is 18.5 Å². The molecule has 3 N–H and O–H groups in total. The molecule has 0 aromatic heterocycles. The summed E-state index contributed by atoms with van der Waals surface area (Å²) in [5, 5.41) is 24.6. The molecule has 6 heteroatoms. The Morgan fingerprint density at radius 2 is 1.50 bits per heavy atom. The minimum atomic E-state index is -0.645. The molecule has 12 heavy (non-hydrogen) atoms. The maximum Gasteiger partial charge on any atom is 0.0858 e. The highest BCUT2D eigenvalue weighted by Crippen LogP contribution is 1.93. The zero-order chi connectivity index (χ0) is 9.98. The zero-order valence-electron chi connectivity index (χ0n) is 6.67. The van der Waals surface area contributed by atoms with Gasteiger partial charge in [0.1, 0.15) is 0 Å². The van der Waals surface area contributed by atoms with Gasteiger partial charge in [0.2, 0.25) is 0 Å². The Hall–Kier alpha value is 0.930. The maximum absolute atomic E-state index is 8.34. The highest BCUT2D eigenvalue weighted by molar-refractivity contribution is 7.84. The molecule has 0 saturated heterocycles. The van der Waals surface area contributed by atoms with Crippen LogP contribution in [0, 0.1) is 0 Å². The van der Waals surface area contributed by atoms with Crippen LogP contribution in [0.3, 0.4) is 0 Å². The number of thiol groups is 3. The average molecular weight is 232 g/mol. The van der Waals surface area contributed by atoms with Gasteiger partial charge in [-0.2, -0.15) is 37.9 Å². The maximum atomic E-state index is 8.34. The third-order valence-electron chi connectivity index (χ3n) is 0.843. The molecule has 0 radical (unpaired) electrons. The molecule has 0 rings (SSSR count). The van der Waals surface area contributed by atoms with Gasteiger partial charge in [-0.15, -0.1) is 0 Å². The Morgan fingerprint density at radius 1 is 1.00 bits per heavy atom. The number of rotatable bonds is 4. The first-order valence-corrected chi connectivity index (χ1v) is 5.20. The molecular weight excluding hydrogens is 216 g/mol. The van der Waals surface area contributed by atoms with Crippen molar-refractivity contribution in [2.24, 2.45) is 0 Å². The molecular formula is C6H16O3S3. The number of hydrogen-bond donors (Lipinski definition) is 6. The molecule has 0 fully saturated rings. The Labute approximate surface area is 89.4 Å². The molecule has 0 aliphatic rings. The Balaban J connectivity index is 0. The van der Waals surface area contributed by atoms with E-state index in [0.29, 0.717) is 11.5 Å². The van der Waals surface area contributed by atoms with Crippen LogP contribution in [0.15, 0.2) is 0 Å². The van der Waals surface area contributed by atoms with Crippen molar-refractivity contribution in [1.29, 1.82) is 0 Å². The Bertz CT molecular complexity index is 66.4. The molecule has 3 nitrogen and oxygen atoms in total. The minimum Gasteiger partial charge on any atom is -0.395 e. The van der Waals surface area contributed by atoms with Gasteiger partial charge in [-0.25, -0.2) is 0 Å². The molecule has 0 aliphatic heterocycles. The van der Waals surface area contributed by atoms with E-state index in [9.17, 15) is 0 Å². The van der Waals surface area contributed by atoms with E-state index >= 15 is 0 Å². The van der Waals surface area contributed by atoms with Crippen LogP contribution in [0.5, 0.6) is 0 Å². The summed E-state index contributed by atoms with van der Waals surface area (Å²) in [4.78, 5) is 0. The molecule has 2 unspecified atom stereocenters. The first-order valence-electron chi connectivity index (χ1n) is 3.41. The smallest absolute Gasteiger partial charge is 0.0858 e. The van der Waals surface area contributed by atoms with Crippen LogP contribution >= 0.6 is 37.9 Å². The summed E-state index contributed by atoms with van der Waals surface area (Å²) >= 11 is 11.4. The van der Waals surface area contributed by atoms with E-state index in [1.807, 2.05) is 0 Å². The summed E-state index contributed by atoms with van der Waals surface area (Å²) in [5.74, 6) is 0.968. The van der Waals surface area contributed by atoms with Crippen LogP contribution in [0.1, 0.15) is 0 Å². The standard InChI is InChI=1S/C3H8O2S.C3H8OS2/c4-1-3(5)2-6;4-1-3(6)2-5/h2*3-6H,1-2H2. The normalized spacial score (nSPS) is 14.5. The summed E-state index contributed by atoms with van der Waals surface area (Å²) in [6.45, 7) is -0.0733. The lowest BCUT2D eigenvalue weighted by Gasteiger charge is -1.96. The molecule has 0 aromatic rings. The van der Waals surface area contributed by atoms with Crippen molar-refractivity contribution in [1.82, 2.24) is 0 Å². The lowest BCUT2D eigenvalue weighted by molar-refractivity contribution is 0.114. The predicted molar refractivity (Wildman–Crippen MR) is 60.7 cm³/mol. The van der Waals surface area contributed by atoms with E-state index in [0.717, 1.165) is 0 Å². The minimum absolute atomic E-state index is 0.0494. The highest BCUT2D eigenvalue weighted by Gasteiger charge is 1.93. The lowest BCUT2D eigenvalue weighted by Crippen LogP contribution is -2.12. The van der Waals surface area contributed by atoms with Crippen LogP contribution in [-0.4, -0.2) is 51.4 Å². The van der Waals surface area contributed by atoms with Crippen molar-refractivity contribution in [3.8, 4) is 0 Å². The molecule has 0 spiro atoms. The van der Waals surface area contributed by atoms with Crippen molar-refractivity contribution in [2.75, 3.05) is 24.7 Å². The molecule has 76 valence electrons. The van der Waals surface area contributed by atoms with Crippen molar-refractivity contribution >= 4 is 37.9 Å². The third-order valence-corrected chi connectivity index (χ3v) is 2.34. The SMILES string of the molecule is OCC(O)CS.OCC(S)CS. The van der Waals surface area contributed by atoms with E-state index in [4.69, 9.17) is 15.3 Å². The van der Waals surface area contributed by atoms with E-state index in [1.54, 1.807) is 0 Å². The van der Waals surface area contributed by atoms with Crippen molar-refractivity contribution in [2.45, 2.75) is 11.4 Å². The predicted octanol–water partition coefficient (Wildman–Crippen LogP) is -0.524. The number of aliphatic hydroxyl groups is 3. The van der Waals surface area contributed by atoms with E-state index < -0.39 is 6.10 Å². The molecule has 2 atom stereocenters. The Kier molecular flexibility index (Phi) is 15.3. The van der Waals surface area contributed by atoms with Gasteiger partial charge in [0, 0.05) is 16.8 Å². The fourth-order valence-corrected chi connectivity index (χ4v) is 0.346. The third kappa shape index (κ3) is 13.5. The summed E-state index contributed by atoms with van der Waals surface area (Å²) in [6.07, 6.45) is -0.645. The molecule has 0 aromatic carbocycles. The zero-order valence-corrected chi connectivity index (χ0v) is 9.35. The molecule has 0 saturated carbocycles. The van der Waals surface area contributed by atoms with Gasteiger partial charge < -0.3 is 15.3 Å². The number of hydrogen-bond acceptors (Lipinski definition) is 6. The van der Waals surface area contributed by atoms with E-state index in [2.05, 4.69) is 37.9 Å². The van der Waals surface area contributed by atoms with Gasteiger partial charge in [-0.05, 0) is 0 Å². The second-order valence-electron chi connectivity index (χ2n) is 2.04. The highest BCUT2D eigenvalue weighted by atomic mass is 32.1. The quantitative estimate of drug-likeness (QED) is 0.370. The molecule has 0 heterocycles. The monoisotopic (exact) mass is 232 g/mol. The van der Waals surface area contributed by atoms with Gasteiger partial charge in [-0.3, -0.25) is 0 Å². The van der Waals surface area contributed by atoms with Crippen molar-refractivity contribution in [3.63, 3.8) is 0 Å². The lowest BCUT2D eigenvalue weighted by atomic mass is 10.4. The van der Waals surface area contributed by atoms with Crippen LogP contribution in [0.25, 0.3) is 0 Å². The van der Waals surface area contributed by atoms with Crippen molar-refractivity contribution < 1.29 is 15.3 Å². The van der Waals surface area contributed by atoms with Gasteiger partial charge >= 0.3 is 0 Å². The molecule has 0 aliphatic carbocycles. The van der Waals surface area contributed by atoms with Crippen LogP contribution < -0.4 is 0 Å². The van der Waals surface area contributed by atoms with Crippen LogP contribution in [0.2, 0.25) is 0 Å². The first-order chi connectivity index (χ1) is 5.62. The second kappa shape index (κ2) is 11.9. The second-order valence-corrected chi connectivity index (χ2v) is 3.50. The molecule has 0 amide bonds. The first kappa shape index (κ1) is 15.4. The Morgan fingerprint density at radius 3 is 1.50 bits per heavy atom. The summed E-state index contributed by atoms with van der Waals surface area (Å²) in [7, 11) is 0. The van der Waals surface area contributed by atoms with Crippen LogP contribution in [-0.2, 0) is 0 Å². The van der Waals surface area contributed by atoms with Gasteiger partial charge in [0.25, 0.3) is 0 Å². The fraction of sp³-hybridized carbons (Fsp3) is 1.00. The average Bonchev–Trinajstić information content (AvgIpc) is 2.16. The largest absolute Gasteiger partial charge is 0.395 e. The van der Waals surface area contributed by atoms with Gasteiger partial charge in [0.15, 0.2) is 0 Å². The van der Waals surface area contributed by atoms with E-state index in [1.165, 1.54) is 0 Å². The number of aliphatic hydroxyl groups excluding tert-OH is 3. The summed E-state index contributed by atoms with van der Waals surface area (Å²) in [5.41, 5.74) is 0. The summed E-state index contributed by atoms with van der Waals surface area (Å²) in [6, 6.07) is 0.